The molecule has 8 nitrogen and oxygen atoms in total. The first-order valence-electron chi connectivity index (χ1n) is 9.53. The number of rotatable bonds is 6. The Kier molecular flexibility index (Phi) is 7.36. The van der Waals surface area contributed by atoms with E-state index in [9.17, 15) is 22.4 Å². The number of sulfonamides is 1. The van der Waals surface area contributed by atoms with Crippen LogP contribution in [0.5, 0.6) is 0 Å². The van der Waals surface area contributed by atoms with Crippen molar-refractivity contribution in [3.63, 3.8) is 0 Å². The molecule has 0 bridgehead atoms. The molecule has 2 amide bonds. The lowest BCUT2D eigenvalue weighted by Gasteiger charge is -2.33. The highest BCUT2D eigenvalue weighted by Crippen LogP contribution is 2.14. The number of halogens is 1. The number of nitrogens with zero attached hydrogens (tertiary/aromatic N) is 2. The predicted octanol–water partition coefficient (Wildman–Crippen LogP) is -0.912. The van der Waals surface area contributed by atoms with Gasteiger partial charge in [0, 0.05) is 12.6 Å². The zero-order chi connectivity index (χ0) is 21.8. The van der Waals surface area contributed by atoms with Crippen molar-refractivity contribution >= 4 is 21.8 Å². The Hall–Kier alpha value is -2.04. The Bertz CT molecular complexity index is 829. The first-order valence-corrected chi connectivity index (χ1v) is 11.0. The van der Waals surface area contributed by atoms with Gasteiger partial charge in [0.1, 0.15) is 5.82 Å². The van der Waals surface area contributed by atoms with Crippen LogP contribution < -0.4 is 10.2 Å². The summed E-state index contributed by atoms with van der Waals surface area (Å²) in [6.07, 6.45) is 0. The van der Waals surface area contributed by atoms with Gasteiger partial charge in [-0.15, -0.1) is 0 Å². The summed E-state index contributed by atoms with van der Waals surface area (Å²) in [4.78, 5) is 27.2. The van der Waals surface area contributed by atoms with E-state index in [1.807, 2.05) is 20.8 Å². The van der Waals surface area contributed by atoms with Crippen LogP contribution in [0.25, 0.3) is 0 Å². The molecule has 0 aliphatic carbocycles. The maximum absolute atomic E-state index is 13.0. The molecule has 1 aromatic carbocycles. The molecule has 0 atom stereocenters. The molecule has 1 aromatic rings. The summed E-state index contributed by atoms with van der Waals surface area (Å²) in [7, 11) is -2.54. The van der Waals surface area contributed by atoms with Crippen LogP contribution in [0.3, 0.4) is 0 Å². The van der Waals surface area contributed by atoms with E-state index >= 15 is 0 Å². The smallest absolute Gasteiger partial charge is 0.275 e. The highest BCUT2D eigenvalue weighted by molar-refractivity contribution is 7.89. The van der Waals surface area contributed by atoms with Crippen LogP contribution >= 0.6 is 0 Å². The molecule has 1 saturated heterocycles. The van der Waals surface area contributed by atoms with Gasteiger partial charge in [0.05, 0.1) is 37.6 Å². The van der Waals surface area contributed by atoms with Crippen LogP contribution in [0.4, 0.5) is 4.39 Å². The highest BCUT2D eigenvalue weighted by Gasteiger charge is 2.29. The maximum Gasteiger partial charge on any atom is 0.275 e. The molecule has 1 aliphatic rings. The van der Waals surface area contributed by atoms with E-state index in [0.29, 0.717) is 32.7 Å². The normalized spacial score (nSPS) is 16.1. The van der Waals surface area contributed by atoms with Crippen molar-refractivity contribution in [2.24, 2.45) is 0 Å². The molecule has 1 aliphatic heterocycles. The van der Waals surface area contributed by atoms with Crippen LogP contribution in [0, 0.1) is 5.82 Å². The van der Waals surface area contributed by atoms with E-state index < -0.39 is 15.8 Å². The van der Waals surface area contributed by atoms with Crippen LogP contribution in [0.1, 0.15) is 20.8 Å². The van der Waals surface area contributed by atoms with Gasteiger partial charge in [-0.2, -0.15) is 4.31 Å². The third-order valence-electron chi connectivity index (χ3n) is 4.63. The summed E-state index contributed by atoms with van der Waals surface area (Å²) in [5.41, 5.74) is -0.283. The Morgan fingerprint density at radius 2 is 1.72 bits per heavy atom. The monoisotopic (exact) mass is 429 g/mol. The number of piperazine rings is 1. The number of carbonyl (C=O) groups is 2. The summed E-state index contributed by atoms with van der Waals surface area (Å²) in [6, 6.07) is 4.49. The molecule has 10 heteroatoms. The van der Waals surface area contributed by atoms with E-state index in [4.69, 9.17) is 0 Å². The molecule has 1 heterocycles. The number of hydrogen-bond acceptors (Lipinski definition) is 4. The quantitative estimate of drug-likeness (QED) is 0.613. The minimum atomic E-state index is -3.87. The first kappa shape index (κ1) is 23.2. The van der Waals surface area contributed by atoms with Gasteiger partial charge in [0.15, 0.2) is 6.54 Å². The van der Waals surface area contributed by atoms with Crippen molar-refractivity contribution in [2.45, 2.75) is 31.2 Å². The molecule has 0 spiro atoms. The molecule has 0 aromatic heterocycles. The van der Waals surface area contributed by atoms with Crippen molar-refractivity contribution in [2.75, 3.05) is 46.3 Å². The van der Waals surface area contributed by atoms with Crippen molar-refractivity contribution in [1.29, 1.82) is 0 Å². The van der Waals surface area contributed by atoms with Gasteiger partial charge in [-0.25, -0.2) is 12.8 Å². The Morgan fingerprint density at radius 1 is 1.17 bits per heavy atom. The highest BCUT2D eigenvalue weighted by atomic mass is 32.2. The van der Waals surface area contributed by atoms with Crippen LogP contribution in [-0.4, -0.2) is 81.3 Å². The van der Waals surface area contributed by atoms with Gasteiger partial charge in [-0.3, -0.25) is 9.59 Å². The fraction of sp³-hybridized carbons (Fsp3) is 0.579. The number of likely N-dealkylation sites (N-methyl/N-ethyl adjacent to an activating group) is 1. The maximum atomic E-state index is 13.0. The van der Waals surface area contributed by atoms with Crippen molar-refractivity contribution < 1.29 is 27.3 Å². The summed E-state index contributed by atoms with van der Waals surface area (Å²) in [6.45, 7) is 7.99. The third-order valence-corrected chi connectivity index (χ3v) is 6.45. The summed E-state index contributed by atoms with van der Waals surface area (Å²) >= 11 is 0. The Labute approximate surface area is 171 Å². The van der Waals surface area contributed by atoms with Gasteiger partial charge in [0.2, 0.25) is 15.9 Å². The minimum absolute atomic E-state index is 0.0302. The number of amides is 2. The zero-order valence-corrected chi connectivity index (χ0v) is 18.2. The summed E-state index contributed by atoms with van der Waals surface area (Å²) in [5, 5.41) is 2.93. The number of carbonyl (C=O) groups excluding carboxylic acids is 2. The second-order valence-electron chi connectivity index (χ2n) is 8.32. The lowest BCUT2D eigenvalue weighted by Crippen LogP contribution is -3.16. The minimum Gasteiger partial charge on any atom is -0.347 e. The average Bonchev–Trinajstić information content (AvgIpc) is 2.60. The third kappa shape index (κ3) is 6.76. The lowest BCUT2D eigenvalue weighted by molar-refractivity contribution is -0.896. The molecule has 2 rings (SSSR count). The van der Waals surface area contributed by atoms with Gasteiger partial charge in [-0.1, -0.05) is 0 Å². The topological polar surface area (TPSA) is 91.2 Å². The predicted molar refractivity (Wildman–Crippen MR) is 106 cm³/mol. The Morgan fingerprint density at radius 3 is 2.24 bits per heavy atom. The number of benzene rings is 1. The molecule has 0 saturated carbocycles. The molecule has 0 unspecified atom stereocenters. The Balaban J connectivity index is 1.86. The fourth-order valence-corrected chi connectivity index (χ4v) is 4.22. The summed E-state index contributed by atoms with van der Waals surface area (Å²) in [5.74, 6) is -0.854. The number of hydrogen-bond donors (Lipinski definition) is 2. The zero-order valence-electron chi connectivity index (χ0n) is 17.4. The average molecular weight is 430 g/mol. The van der Waals surface area contributed by atoms with Crippen molar-refractivity contribution in [3.05, 3.63) is 30.1 Å². The number of quaternary nitrogens is 1. The van der Waals surface area contributed by atoms with E-state index in [2.05, 4.69) is 5.32 Å². The van der Waals surface area contributed by atoms with E-state index in [1.165, 1.54) is 19.2 Å². The molecule has 0 radical (unpaired) electrons. The molecular weight excluding hydrogens is 399 g/mol. The van der Waals surface area contributed by atoms with Crippen LogP contribution in [0.15, 0.2) is 29.2 Å². The van der Waals surface area contributed by atoms with E-state index in [0.717, 1.165) is 21.3 Å². The van der Waals surface area contributed by atoms with Crippen LogP contribution in [0.2, 0.25) is 0 Å². The fourth-order valence-electron chi connectivity index (χ4n) is 3.10. The van der Waals surface area contributed by atoms with Crippen molar-refractivity contribution in [1.82, 2.24) is 14.5 Å². The lowest BCUT2D eigenvalue weighted by atomic mass is 10.1. The molecule has 162 valence electrons. The molecular formula is C19H30FN4O4S+. The van der Waals surface area contributed by atoms with Gasteiger partial charge in [0.25, 0.3) is 5.91 Å². The SMILES string of the molecule is CN(CC(=O)N1CC[NH+](CC(=O)NC(C)(C)C)CC1)S(=O)(=O)c1ccc(F)cc1. The molecule has 2 N–H and O–H groups in total. The van der Waals surface area contributed by atoms with E-state index in [-0.39, 0.29) is 28.8 Å². The number of nitrogens with one attached hydrogen (secondary N) is 2. The second-order valence-corrected chi connectivity index (χ2v) is 10.4. The van der Waals surface area contributed by atoms with Crippen LogP contribution in [-0.2, 0) is 19.6 Å². The second kappa shape index (κ2) is 9.19. The molecule has 1 fully saturated rings. The van der Waals surface area contributed by atoms with Gasteiger partial charge < -0.3 is 15.1 Å². The van der Waals surface area contributed by atoms with Gasteiger partial charge >= 0.3 is 0 Å². The standard InChI is InChI=1S/C19H29FN4O4S/c1-19(2,3)21-17(25)13-23-9-11-24(12-10-23)18(26)14-22(4)29(27,28)16-7-5-15(20)6-8-16/h5-8H,9-14H2,1-4H3,(H,21,25)/p+1. The summed E-state index contributed by atoms with van der Waals surface area (Å²) < 4.78 is 39.1. The van der Waals surface area contributed by atoms with Crippen molar-refractivity contribution in [3.8, 4) is 0 Å². The van der Waals surface area contributed by atoms with Gasteiger partial charge in [-0.05, 0) is 45.0 Å². The largest absolute Gasteiger partial charge is 0.347 e. The first-order chi connectivity index (χ1) is 13.4. The van der Waals surface area contributed by atoms with E-state index in [1.54, 1.807) is 4.90 Å². The molecule has 29 heavy (non-hydrogen) atoms.